The number of aliphatic hydroxyl groups is 1. The Morgan fingerprint density at radius 2 is 1.94 bits per heavy atom. The third-order valence-electron chi connectivity index (χ3n) is 4.40. The lowest BCUT2D eigenvalue weighted by Crippen LogP contribution is -2.31. The van der Waals surface area contributed by atoms with Crippen LogP contribution in [0.3, 0.4) is 0 Å². The van der Waals surface area contributed by atoms with Crippen molar-refractivity contribution in [2.24, 2.45) is 17.8 Å². The van der Waals surface area contributed by atoms with E-state index in [1.165, 1.54) is 0 Å². The zero-order valence-electron chi connectivity index (χ0n) is 11.9. The maximum atomic E-state index is 11.4. The zero-order chi connectivity index (χ0) is 13.8. The van der Waals surface area contributed by atoms with Crippen LogP contribution in [0.25, 0.3) is 0 Å². The van der Waals surface area contributed by atoms with E-state index in [2.05, 4.69) is 13.8 Å². The molecule has 108 valence electrons. The number of aliphatic hydroxyl groups excluding tert-OH is 1. The minimum Gasteiger partial charge on any atom is -0.393 e. The summed E-state index contributed by atoms with van der Waals surface area (Å²) >= 11 is 0. The molecule has 0 saturated heterocycles. The molecule has 0 heterocycles. The summed E-state index contributed by atoms with van der Waals surface area (Å²) in [6.07, 6.45) is 4.39. The van der Waals surface area contributed by atoms with Gasteiger partial charge < -0.3 is 5.11 Å². The lowest BCUT2D eigenvalue weighted by molar-refractivity contribution is 0.0334. The molecule has 0 bridgehead atoms. The summed E-state index contributed by atoms with van der Waals surface area (Å²) in [6, 6.07) is 0. The molecular formula is C14H28O3S. The van der Waals surface area contributed by atoms with Crippen LogP contribution in [0.4, 0.5) is 0 Å². The van der Waals surface area contributed by atoms with Gasteiger partial charge in [0.2, 0.25) is 0 Å². The second-order valence-corrected chi connectivity index (χ2v) is 8.50. The summed E-state index contributed by atoms with van der Waals surface area (Å²) in [5.74, 6) is 2.17. The molecule has 3 nitrogen and oxygen atoms in total. The van der Waals surface area contributed by atoms with Crippen LogP contribution in [0.5, 0.6) is 0 Å². The molecule has 1 N–H and O–H groups in total. The van der Waals surface area contributed by atoms with E-state index in [0.717, 1.165) is 25.7 Å². The average Bonchev–Trinajstić information content (AvgIpc) is 2.31. The molecule has 0 aromatic heterocycles. The Labute approximate surface area is 112 Å². The van der Waals surface area contributed by atoms with Gasteiger partial charge in [-0.15, -0.1) is 0 Å². The SMILES string of the molecule is CCS(=O)(=O)CCCC1CC(C(C)C)CCC1O. The van der Waals surface area contributed by atoms with Gasteiger partial charge in [0.15, 0.2) is 0 Å². The smallest absolute Gasteiger partial charge is 0.150 e. The van der Waals surface area contributed by atoms with Gasteiger partial charge in [-0.05, 0) is 49.9 Å². The van der Waals surface area contributed by atoms with Gasteiger partial charge in [0, 0.05) is 5.75 Å². The predicted octanol–water partition coefficient (Wildman–Crippen LogP) is 2.63. The molecular weight excluding hydrogens is 248 g/mol. The molecule has 1 saturated carbocycles. The molecule has 0 aromatic carbocycles. The molecule has 0 amide bonds. The highest BCUT2D eigenvalue weighted by molar-refractivity contribution is 7.91. The predicted molar refractivity (Wildman–Crippen MR) is 75.2 cm³/mol. The third kappa shape index (κ3) is 4.88. The van der Waals surface area contributed by atoms with E-state index in [0.29, 0.717) is 24.2 Å². The fourth-order valence-electron chi connectivity index (χ4n) is 2.91. The highest BCUT2D eigenvalue weighted by Crippen LogP contribution is 2.36. The summed E-state index contributed by atoms with van der Waals surface area (Å²) in [7, 11) is -2.85. The van der Waals surface area contributed by atoms with Crippen molar-refractivity contribution in [2.75, 3.05) is 11.5 Å². The summed E-state index contributed by atoms with van der Waals surface area (Å²) in [5, 5.41) is 10.0. The van der Waals surface area contributed by atoms with E-state index >= 15 is 0 Å². The van der Waals surface area contributed by atoms with E-state index < -0.39 is 9.84 Å². The maximum absolute atomic E-state index is 11.4. The summed E-state index contributed by atoms with van der Waals surface area (Å²) in [4.78, 5) is 0. The van der Waals surface area contributed by atoms with E-state index in [-0.39, 0.29) is 17.6 Å². The van der Waals surface area contributed by atoms with E-state index in [1.807, 2.05) is 0 Å². The maximum Gasteiger partial charge on any atom is 0.150 e. The second kappa shape index (κ2) is 6.90. The Hall–Kier alpha value is -0.0900. The first-order valence-corrected chi connectivity index (χ1v) is 9.06. The van der Waals surface area contributed by atoms with Gasteiger partial charge in [-0.25, -0.2) is 8.42 Å². The van der Waals surface area contributed by atoms with Crippen molar-refractivity contribution in [3.8, 4) is 0 Å². The van der Waals surface area contributed by atoms with Crippen LogP contribution in [-0.4, -0.2) is 31.1 Å². The molecule has 1 fully saturated rings. The monoisotopic (exact) mass is 276 g/mol. The molecule has 0 spiro atoms. The average molecular weight is 276 g/mol. The lowest BCUT2D eigenvalue weighted by atomic mass is 9.73. The molecule has 4 heteroatoms. The van der Waals surface area contributed by atoms with Crippen molar-refractivity contribution in [2.45, 2.75) is 59.0 Å². The van der Waals surface area contributed by atoms with Gasteiger partial charge in [0.25, 0.3) is 0 Å². The fraction of sp³-hybridized carbons (Fsp3) is 1.00. The van der Waals surface area contributed by atoms with Crippen molar-refractivity contribution in [1.82, 2.24) is 0 Å². The molecule has 0 aliphatic heterocycles. The molecule has 3 atom stereocenters. The quantitative estimate of drug-likeness (QED) is 0.811. The van der Waals surface area contributed by atoms with Crippen molar-refractivity contribution < 1.29 is 13.5 Å². The first-order valence-electron chi connectivity index (χ1n) is 7.24. The number of rotatable bonds is 6. The third-order valence-corrected chi connectivity index (χ3v) is 6.19. The van der Waals surface area contributed by atoms with Crippen LogP contribution in [0.1, 0.15) is 52.9 Å². The summed E-state index contributed by atoms with van der Waals surface area (Å²) in [6.45, 7) is 6.17. The molecule has 3 unspecified atom stereocenters. The molecule has 1 aliphatic rings. The van der Waals surface area contributed by atoms with Crippen LogP contribution in [0, 0.1) is 17.8 Å². The Kier molecular flexibility index (Phi) is 6.12. The molecule has 0 radical (unpaired) electrons. The van der Waals surface area contributed by atoms with E-state index in [9.17, 15) is 13.5 Å². The molecule has 0 aromatic rings. The Bertz CT molecular complexity index is 335. The molecule has 1 aliphatic carbocycles. The van der Waals surface area contributed by atoms with Crippen LogP contribution in [-0.2, 0) is 9.84 Å². The topological polar surface area (TPSA) is 54.4 Å². The summed E-state index contributed by atoms with van der Waals surface area (Å²) in [5.41, 5.74) is 0. The Morgan fingerprint density at radius 3 is 2.50 bits per heavy atom. The van der Waals surface area contributed by atoms with Crippen molar-refractivity contribution in [3.63, 3.8) is 0 Å². The largest absolute Gasteiger partial charge is 0.393 e. The highest BCUT2D eigenvalue weighted by atomic mass is 32.2. The van der Waals surface area contributed by atoms with Gasteiger partial charge in [-0.2, -0.15) is 0 Å². The Balaban J connectivity index is 2.40. The normalized spacial score (nSPS) is 29.7. The van der Waals surface area contributed by atoms with E-state index in [1.54, 1.807) is 6.92 Å². The minimum atomic E-state index is -2.85. The standard InChI is InChI=1S/C14H28O3S/c1-4-18(16,17)9-5-6-13-10-12(11(2)3)7-8-14(13)15/h11-15H,4-10H2,1-3H3. The van der Waals surface area contributed by atoms with Gasteiger partial charge in [-0.1, -0.05) is 20.8 Å². The van der Waals surface area contributed by atoms with Crippen LogP contribution in [0.2, 0.25) is 0 Å². The molecule has 18 heavy (non-hydrogen) atoms. The van der Waals surface area contributed by atoms with Crippen molar-refractivity contribution in [3.05, 3.63) is 0 Å². The fourth-order valence-corrected chi connectivity index (χ4v) is 3.81. The second-order valence-electron chi connectivity index (χ2n) is 6.02. The first kappa shape index (κ1) is 16.0. The van der Waals surface area contributed by atoms with Gasteiger partial charge >= 0.3 is 0 Å². The van der Waals surface area contributed by atoms with Crippen molar-refractivity contribution in [1.29, 1.82) is 0 Å². The number of sulfone groups is 1. The van der Waals surface area contributed by atoms with Gasteiger partial charge in [-0.3, -0.25) is 0 Å². The highest BCUT2D eigenvalue weighted by Gasteiger charge is 2.30. The van der Waals surface area contributed by atoms with E-state index in [4.69, 9.17) is 0 Å². The Morgan fingerprint density at radius 1 is 1.28 bits per heavy atom. The van der Waals surface area contributed by atoms with Gasteiger partial charge in [0.05, 0.1) is 11.9 Å². The van der Waals surface area contributed by atoms with Crippen molar-refractivity contribution >= 4 is 9.84 Å². The lowest BCUT2D eigenvalue weighted by Gasteiger charge is -2.35. The number of hydrogen-bond acceptors (Lipinski definition) is 3. The minimum absolute atomic E-state index is 0.218. The van der Waals surface area contributed by atoms with Crippen LogP contribution < -0.4 is 0 Å². The first-order chi connectivity index (χ1) is 8.35. The van der Waals surface area contributed by atoms with Gasteiger partial charge in [0.1, 0.15) is 9.84 Å². The summed E-state index contributed by atoms with van der Waals surface area (Å²) < 4.78 is 22.9. The van der Waals surface area contributed by atoms with Crippen LogP contribution >= 0.6 is 0 Å². The molecule has 1 rings (SSSR count). The number of hydrogen-bond donors (Lipinski definition) is 1. The zero-order valence-corrected chi connectivity index (χ0v) is 12.7. The van der Waals surface area contributed by atoms with Crippen LogP contribution in [0.15, 0.2) is 0 Å².